The molecule has 3 N–H and O–H groups in total. The van der Waals surface area contributed by atoms with Crippen LogP contribution in [0.2, 0.25) is 0 Å². The zero-order valence-electron chi connectivity index (χ0n) is 12.3. The molecule has 3 aromatic rings. The minimum absolute atomic E-state index is 0.0199. The summed E-state index contributed by atoms with van der Waals surface area (Å²) in [5.74, 6) is 0.656. The number of aromatic nitrogens is 3. The van der Waals surface area contributed by atoms with Crippen LogP contribution >= 0.6 is 0 Å². The minimum Gasteiger partial charge on any atom is -0.384 e. The number of hydrogen-bond donors (Lipinski definition) is 2. The number of hydrogen-bond acceptors (Lipinski definition) is 4. The summed E-state index contributed by atoms with van der Waals surface area (Å²) in [6.45, 7) is 0.553. The molecule has 0 aliphatic heterocycles. The first-order valence-electron chi connectivity index (χ1n) is 6.97. The third-order valence-corrected chi connectivity index (χ3v) is 3.40. The van der Waals surface area contributed by atoms with E-state index in [0.717, 1.165) is 11.1 Å². The monoisotopic (exact) mass is 295 g/mol. The molecule has 0 radical (unpaired) electrons. The van der Waals surface area contributed by atoms with Gasteiger partial charge in [0.05, 0.1) is 12.2 Å². The van der Waals surface area contributed by atoms with E-state index in [1.165, 1.54) is 0 Å². The molecule has 22 heavy (non-hydrogen) atoms. The highest BCUT2D eigenvalue weighted by atomic mass is 16.5. The van der Waals surface area contributed by atoms with Crippen molar-refractivity contribution < 1.29 is 4.74 Å². The number of nitrogens with one attached hydrogen (secondary N) is 1. The summed E-state index contributed by atoms with van der Waals surface area (Å²) in [7, 11) is 1.64. The highest BCUT2D eigenvalue weighted by Gasteiger charge is 2.13. The number of nitrogens with two attached hydrogens (primary N) is 1. The average Bonchev–Trinajstić information content (AvgIpc) is 2.95. The van der Waals surface area contributed by atoms with Gasteiger partial charge < -0.3 is 10.5 Å². The van der Waals surface area contributed by atoms with Gasteiger partial charge in [0.2, 0.25) is 0 Å². The molecule has 0 atom stereocenters. The first-order valence-corrected chi connectivity index (χ1v) is 6.97. The molecule has 3 rings (SSSR count). The third kappa shape index (κ3) is 2.68. The van der Waals surface area contributed by atoms with Crippen LogP contribution in [0.4, 0.5) is 0 Å². The number of ether oxygens (including phenoxy) is 1. The number of rotatable bonds is 5. The second-order valence-corrected chi connectivity index (χ2v) is 4.96. The largest absolute Gasteiger partial charge is 0.384 e. The van der Waals surface area contributed by atoms with Crippen LogP contribution in [0.1, 0.15) is 11.4 Å². The van der Waals surface area contributed by atoms with E-state index in [0.29, 0.717) is 30.1 Å². The quantitative estimate of drug-likeness (QED) is 0.555. The molecule has 0 aliphatic carbocycles. The van der Waals surface area contributed by atoms with Crippen LogP contribution in [-0.2, 0) is 11.2 Å². The molecule has 6 heteroatoms. The highest BCUT2D eigenvalue weighted by molar-refractivity contribution is 6.01. The summed E-state index contributed by atoms with van der Waals surface area (Å²) >= 11 is 0. The average molecular weight is 295 g/mol. The van der Waals surface area contributed by atoms with Gasteiger partial charge in [0.1, 0.15) is 5.84 Å². The molecule has 2 heterocycles. The number of amidine groups is 1. The molecule has 0 saturated carbocycles. The Morgan fingerprint density at radius 1 is 1.27 bits per heavy atom. The number of methoxy groups -OCH3 is 1. The van der Waals surface area contributed by atoms with E-state index in [4.69, 9.17) is 15.9 Å². The summed E-state index contributed by atoms with van der Waals surface area (Å²) in [4.78, 5) is 4.46. The van der Waals surface area contributed by atoms with Gasteiger partial charge in [-0.2, -0.15) is 5.10 Å². The van der Waals surface area contributed by atoms with E-state index in [9.17, 15) is 0 Å². The Balaban J connectivity index is 2.14. The van der Waals surface area contributed by atoms with Gasteiger partial charge in [-0.3, -0.25) is 5.41 Å². The van der Waals surface area contributed by atoms with Gasteiger partial charge in [-0.25, -0.2) is 9.50 Å². The molecule has 0 saturated heterocycles. The fourth-order valence-electron chi connectivity index (χ4n) is 2.32. The number of pyridine rings is 1. The van der Waals surface area contributed by atoms with E-state index >= 15 is 0 Å². The molecular weight excluding hydrogens is 278 g/mol. The highest BCUT2D eigenvalue weighted by Crippen LogP contribution is 2.22. The molecule has 0 aliphatic rings. The molecule has 2 aromatic heterocycles. The number of benzene rings is 1. The van der Waals surface area contributed by atoms with E-state index < -0.39 is 0 Å². The molecule has 1 aromatic carbocycles. The molecule has 0 fully saturated rings. The van der Waals surface area contributed by atoms with Crippen molar-refractivity contribution in [1.29, 1.82) is 5.41 Å². The zero-order valence-corrected chi connectivity index (χ0v) is 12.3. The van der Waals surface area contributed by atoms with Gasteiger partial charge in [-0.15, -0.1) is 0 Å². The Labute approximate surface area is 128 Å². The van der Waals surface area contributed by atoms with Gasteiger partial charge in [-0.1, -0.05) is 30.3 Å². The SMILES string of the molecule is COCCc1nc2c(C(=N)N)cc(-c3ccccc3)cn2n1. The first-order chi connectivity index (χ1) is 10.7. The summed E-state index contributed by atoms with van der Waals surface area (Å²) in [6, 6.07) is 11.8. The van der Waals surface area contributed by atoms with E-state index in [-0.39, 0.29) is 5.84 Å². The predicted octanol–water partition coefficient (Wildman–Crippen LogP) is 1.87. The van der Waals surface area contributed by atoms with Crippen molar-refractivity contribution in [1.82, 2.24) is 14.6 Å². The molecule has 0 amide bonds. The van der Waals surface area contributed by atoms with Gasteiger partial charge in [0, 0.05) is 25.3 Å². The van der Waals surface area contributed by atoms with Crippen LogP contribution in [0.25, 0.3) is 16.8 Å². The second kappa shape index (κ2) is 5.95. The topological polar surface area (TPSA) is 89.3 Å². The third-order valence-electron chi connectivity index (χ3n) is 3.40. The van der Waals surface area contributed by atoms with Gasteiger partial charge in [-0.05, 0) is 11.6 Å². The second-order valence-electron chi connectivity index (χ2n) is 4.96. The number of fused-ring (bicyclic) bond motifs is 1. The fraction of sp³-hybridized carbons (Fsp3) is 0.188. The van der Waals surface area contributed by atoms with Crippen LogP contribution in [-0.4, -0.2) is 34.2 Å². The summed E-state index contributed by atoms with van der Waals surface area (Å²) in [5, 5.41) is 12.2. The lowest BCUT2D eigenvalue weighted by atomic mass is 10.1. The zero-order chi connectivity index (χ0) is 15.5. The number of nitrogen functional groups attached to an aromatic ring is 1. The van der Waals surface area contributed by atoms with Crippen molar-refractivity contribution in [3.05, 3.63) is 54.0 Å². The minimum atomic E-state index is -0.0199. The van der Waals surface area contributed by atoms with Crippen molar-refractivity contribution >= 4 is 11.5 Å². The lowest BCUT2D eigenvalue weighted by molar-refractivity contribution is 0.200. The normalized spacial score (nSPS) is 11.0. The molecule has 0 bridgehead atoms. The Hall–Kier alpha value is -2.73. The van der Waals surface area contributed by atoms with Crippen molar-refractivity contribution in [2.75, 3.05) is 13.7 Å². The molecule has 112 valence electrons. The Kier molecular flexibility index (Phi) is 3.84. The molecule has 0 unspecified atom stereocenters. The first kappa shape index (κ1) is 14.2. The van der Waals surface area contributed by atoms with Crippen LogP contribution < -0.4 is 5.73 Å². The van der Waals surface area contributed by atoms with Gasteiger partial charge in [0.25, 0.3) is 0 Å². The van der Waals surface area contributed by atoms with Crippen LogP contribution in [0.5, 0.6) is 0 Å². The van der Waals surface area contributed by atoms with Crippen molar-refractivity contribution in [2.24, 2.45) is 5.73 Å². The van der Waals surface area contributed by atoms with Crippen LogP contribution in [0.3, 0.4) is 0 Å². The molecular formula is C16H17N5O. The maximum atomic E-state index is 7.80. The van der Waals surface area contributed by atoms with Gasteiger partial charge in [0.15, 0.2) is 11.5 Å². The lowest BCUT2D eigenvalue weighted by Gasteiger charge is -2.06. The standard InChI is InChI=1S/C16H17N5O/c1-22-8-7-14-19-16-13(15(17)18)9-12(10-21(16)20-14)11-5-3-2-4-6-11/h2-6,9-10H,7-8H2,1H3,(H3,17,18). The molecule has 6 nitrogen and oxygen atoms in total. The smallest absolute Gasteiger partial charge is 0.166 e. The summed E-state index contributed by atoms with van der Waals surface area (Å²) in [5.41, 5.74) is 8.88. The predicted molar refractivity (Wildman–Crippen MR) is 85.0 cm³/mol. The Bertz CT molecular complexity index is 810. The van der Waals surface area contributed by atoms with Crippen LogP contribution in [0.15, 0.2) is 42.6 Å². The van der Waals surface area contributed by atoms with Crippen molar-refractivity contribution in [2.45, 2.75) is 6.42 Å². The van der Waals surface area contributed by atoms with Crippen molar-refractivity contribution in [3.8, 4) is 11.1 Å². The maximum Gasteiger partial charge on any atom is 0.166 e. The van der Waals surface area contributed by atoms with Gasteiger partial charge >= 0.3 is 0 Å². The lowest BCUT2D eigenvalue weighted by Crippen LogP contribution is -2.13. The van der Waals surface area contributed by atoms with E-state index in [1.807, 2.05) is 42.6 Å². The van der Waals surface area contributed by atoms with Crippen LogP contribution in [0, 0.1) is 5.41 Å². The molecule has 0 spiro atoms. The fourth-order valence-corrected chi connectivity index (χ4v) is 2.32. The summed E-state index contributed by atoms with van der Waals surface area (Å²) in [6.07, 6.45) is 2.52. The Morgan fingerprint density at radius 2 is 2.05 bits per heavy atom. The maximum absolute atomic E-state index is 7.80. The van der Waals surface area contributed by atoms with E-state index in [1.54, 1.807) is 11.6 Å². The summed E-state index contributed by atoms with van der Waals surface area (Å²) < 4.78 is 6.74. The van der Waals surface area contributed by atoms with Crippen molar-refractivity contribution in [3.63, 3.8) is 0 Å². The number of nitrogens with zero attached hydrogens (tertiary/aromatic N) is 3. The van der Waals surface area contributed by atoms with E-state index in [2.05, 4.69) is 10.1 Å². The Morgan fingerprint density at radius 3 is 2.73 bits per heavy atom.